The van der Waals surface area contributed by atoms with Gasteiger partial charge in [-0.25, -0.2) is 10.2 Å². The highest BCUT2D eigenvalue weighted by Crippen LogP contribution is 1.91. The average molecular weight is 209 g/mol. The molecule has 6 heteroatoms. The minimum absolute atomic E-state index is 0.217. The molecule has 2 N–H and O–H groups in total. The van der Waals surface area contributed by atoms with Gasteiger partial charge in [0.15, 0.2) is 0 Å². The molecule has 15 heavy (non-hydrogen) atoms. The van der Waals surface area contributed by atoms with E-state index in [0.717, 1.165) is 0 Å². The van der Waals surface area contributed by atoms with Gasteiger partial charge in [0.2, 0.25) is 0 Å². The van der Waals surface area contributed by atoms with E-state index in [0.29, 0.717) is 0 Å². The Morgan fingerprint density at radius 3 is 2.80 bits per heavy atom. The number of ether oxygens (including phenoxy) is 1. The van der Waals surface area contributed by atoms with E-state index >= 15 is 0 Å². The van der Waals surface area contributed by atoms with E-state index in [4.69, 9.17) is 0 Å². The molecular formula is C9H11N3O3. The lowest BCUT2D eigenvalue weighted by molar-refractivity contribution is 0.0908. The van der Waals surface area contributed by atoms with E-state index in [-0.39, 0.29) is 12.3 Å². The van der Waals surface area contributed by atoms with Gasteiger partial charge in [-0.3, -0.25) is 15.2 Å². The van der Waals surface area contributed by atoms with Crippen LogP contribution < -0.4 is 10.9 Å². The second-order valence-corrected chi connectivity index (χ2v) is 2.51. The first-order valence-electron chi connectivity index (χ1n) is 4.38. The van der Waals surface area contributed by atoms with Crippen LogP contribution in [-0.4, -0.2) is 23.6 Å². The first-order valence-corrected chi connectivity index (χ1v) is 4.38. The molecule has 80 valence electrons. The quantitative estimate of drug-likeness (QED) is 0.694. The number of rotatable bonds is 2. The fourth-order valence-electron chi connectivity index (χ4n) is 0.836. The summed E-state index contributed by atoms with van der Waals surface area (Å²) >= 11 is 0. The maximum Gasteiger partial charge on any atom is 0.426 e. The Balaban J connectivity index is 2.40. The summed E-state index contributed by atoms with van der Waals surface area (Å²) in [5.74, 6) is -0.497. The van der Waals surface area contributed by atoms with Gasteiger partial charge in [-0.15, -0.1) is 0 Å². The van der Waals surface area contributed by atoms with Gasteiger partial charge in [-0.1, -0.05) is 6.07 Å². The van der Waals surface area contributed by atoms with Crippen LogP contribution in [0.1, 0.15) is 17.4 Å². The van der Waals surface area contributed by atoms with Crippen molar-refractivity contribution in [1.82, 2.24) is 15.8 Å². The van der Waals surface area contributed by atoms with Crippen molar-refractivity contribution < 1.29 is 14.3 Å². The molecule has 0 aromatic carbocycles. The van der Waals surface area contributed by atoms with Crippen molar-refractivity contribution >= 4 is 12.0 Å². The molecule has 0 aliphatic rings. The highest BCUT2D eigenvalue weighted by atomic mass is 16.5. The first-order chi connectivity index (χ1) is 7.24. The van der Waals surface area contributed by atoms with Crippen LogP contribution in [0.2, 0.25) is 0 Å². The molecule has 1 aromatic heterocycles. The number of nitrogens with one attached hydrogen (secondary N) is 2. The molecule has 0 unspecified atom stereocenters. The van der Waals surface area contributed by atoms with Crippen LogP contribution in [0.3, 0.4) is 0 Å². The van der Waals surface area contributed by atoms with Crippen LogP contribution in [-0.2, 0) is 4.74 Å². The molecule has 1 heterocycles. The Hall–Kier alpha value is -2.11. The molecule has 0 radical (unpaired) electrons. The van der Waals surface area contributed by atoms with Crippen molar-refractivity contribution in [3.63, 3.8) is 0 Å². The smallest absolute Gasteiger partial charge is 0.426 e. The maximum atomic E-state index is 11.3. The van der Waals surface area contributed by atoms with Crippen molar-refractivity contribution in [1.29, 1.82) is 0 Å². The van der Waals surface area contributed by atoms with Crippen LogP contribution in [0, 0.1) is 0 Å². The van der Waals surface area contributed by atoms with Crippen molar-refractivity contribution in [3.05, 3.63) is 30.1 Å². The number of hydrogen-bond acceptors (Lipinski definition) is 4. The number of hydrogen-bond donors (Lipinski definition) is 2. The molecule has 0 spiro atoms. The summed E-state index contributed by atoms with van der Waals surface area (Å²) in [5, 5.41) is 0. The summed E-state index contributed by atoms with van der Waals surface area (Å²) < 4.78 is 4.54. The fraction of sp³-hybridized carbons (Fsp3) is 0.222. The zero-order chi connectivity index (χ0) is 11.1. The highest BCUT2D eigenvalue weighted by Gasteiger charge is 2.07. The molecule has 0 saturated carbocycles. The summed E-state index contributed by atoms with van der Waals surface area (Å²) in [5.41, 5.74) is 4.46. The molecule has 0 saturated heterocycles. The van der Waals surface area contributed by atoms with Crippen molar-refractivity contribution in [3.8, 4) is 0 Å². The van der Waals surface area contributed by atoms with E-state index in [2.05, 4.69) is 20.6 Å². The maximum absolute atomic E-state index is 11.3. The second-order valence-electron chi connectivity index (χ2n) is 2.51. The molecule has 0 fully saturated rings. The monoisotopic (exact) mass is 209 g/mol. The van der Waals surface area contributed by atoms with E-state index < -0.39 is 12.0 Å². The predicted octanol–water partition coefficient (Wildman–Crippen LogP) is 0.472. The Morgan fingerprint density at radius 1 is 1.40 bits per heavy atom. The van der Waals surface area contributed by atoms with Crippen LogP contribution in [0.5, 0.6) is 0 Å². The lowest BCUT2D eigenvalue weighted by Crippen LogP contribution is -2.42. The third-order valence-corrected chi connectivity index (χ3v) is 1.45. The van der Waals surface area contributed by atoms with E-state index in [1.807, 2.05) is 0 Å². The normalized spacial score (nSPS) is 9.13. The van der Waals surface area contributed by atoms with Gasteiger partial charge in [-0.05, 0) is 19.1 Å². The van der Waals surface area contributed by atoms with Gasteiger partial charge < -0.3 is 4.74 Å². The minimum atomic E-state index is -0.707. The molecular weight excluding hydrogens is 198 g/mol. The molecule has 1 aromatic rings. The SMILES string of the molecule is CCOC(=O)NNC(=O)c1ccccn1. The number of pyridine rings is 1. The number of carbonyl (C=O) groups excluding carboxylic acids is 2. The van der Waals surface area contributed by atoms with Gasteiger partial charge in [0, 0.05) is 6.20 Å². The van der Waals surface area contributed by atoms with Crippen molar-refractivity contribution in [2.24, 2.45) is 0 Å². The van der Waals surface area contributed by atoms with Crippen LogP contribution >= 0.6 is 0 Å². The Bertz CT molecular complexity index is 340. The predicted molar refractivity (Wildman–Crippen MR) is 51.9 cm³/mol. The van der Waals surface area contributed by atoms with Gasteiger partial charge in [0.1, 0.15) is 5.69 Å². The van der Waals surface area contributed by atoms with Gasteiger partial charge in [0.25, 0.3) is 5.91 Å². The standard InChI is InChI=1S/C9H11N3O3/c1-2-15-9(14)12-11-8(13)7-5-3-4-6-10-7/h3-6H,2H2,1H3,(H,11,13)(H,12,14). The first kappa shape index (κ1) is 11.0. The number of carbonyl (C=O) groups is 2. The topological polar surface area (TPSA) is 80.3 Å². The molecule has 0 bridgehead atoms. The third kappa shape index (κ3) is 3.63. The lowest BCUT2D eigenvalue weighted by Gasteiger charge is -2.05. The molecule has 6 nitrogen and oxygen atoms in total. The minimum Gasteiger partial charge on any atom is -0.449 e. The number of hydrazine groups is 1. The Kier molecular flexibility index (Phi) is 4.08. The van der Waals surface area contributed by atoms with Gasteiger partial charge in [-0.2, -0.15) is 0 Å². The Morgan fingerprint density at radius 2 is 2.20 bits per heavy atom. The summed E-state index contributed by atoms with van der Waals surface area (Å²) in [6.07, 6.45) is 0.779. The highest BCUT2D eigenvalue weighted by molar-refractivity contribution is 5.92. The third-order valence-electron chi connectivity index (χ3n) is 1.45. The average Bonchev–Trinajstić information content (AvgIpc) is 2.27. The summed E-state index contributed by atoms with van der Waals surface area (Å²) in [7, 11) is 0. The number of nitrogens with zero attached hydrogens (tertiary/aromatic N) is 1. The zero-order valence-corrected chi connectivity index (χ0v) is 8.19. The lowest BCUT2D eigenvalue weighted by atomic mass is 10.3. The largest absolute Gasteiger partial charge is 0.449 e. The van der Waals surface area contributed by atoms with Crippen molar-refractivity contribution in [2.75, 3.05) is 6.61 Å². The molecule has 2 amide bonds. The molecule has 0 atom stereocenters. The van der Waals surface area contributed by atoms with Crippen molar-refractivity contribution in [2.45, 2.75) is 6.92 Å². The summed E-state index contributed by atoms with van der Waals surface area (Å²) in [6, 6.07) is 4.89. The van der Waals surface area contributed by atoms with E-state index in [1.165, 1.54) is 12.3 Å². The number of aromatic nitrogens is 1. The fourth-order valence-corrected chi connectivity index (χ4v) is 0.836. The molecule has 0 aliphatic heterocycles. The summed E-state index contributed by atoms with van der Waals surface area (Å²) in [4.78, 5) is 25.9. The molecule has 1 rings (SSSR count). The van der Waals surface area contributed by atoms with E-state index in [9.17, 15) is 9.59 Å². The molecule has 0 aliphatic carbocycles. The summed E-state index contributed by atoms with van der Waals surface area (Å²) in [6.45, 7) is 1.91. The zero-order valence-electron chi connectivity index (χ0n) is 8.19. The van der Waals surface area contributed by atoms with Gasteiger partial charge in [0.05, 0.1) is 6.61 Å². The van der Waals surface area contributed by atoms with E-state index in [1.54, 1.807) is 19.1 Å². The van der Waals surface area contributed by atoms with Crippen LogP contribution in [0.25, 0.3) is 0 Å². The van der Waals surface area contributed by atoms with Crippen LogP contribution in [0.4, 0.5) is 4.79 Å². The second kappa shape index (κ2) is 5.58. The Labute approximate surface area is 86.6 Å². The van der Waals surface area contributed by atoms with Crippen LogP contribution in [0.15, 0.2) is 24.4 Å². The number of amides is 2. The van der Waals surface area contributed by atoms with Gasteiger partial charge >= 0.3 is 6.09 Å².